The Morgan fingerprint density at radius 1 is 0.434 bits per heavy atom. The van der Waals surface area contributed by atoms with Crippen molar-refractivity contribution in [1.29, 1.82) is 0 Å². The van der Waals surface area contributed by atoms with Crippen LogP contribution in [0.4, 0.5) is 0 Å². The molecule has 19 N–H and O–H groups in total. The van der Waals surface area contributed by atoms with Crippen molar-refractivity contribution in [3.05, 3.63) is 0 Å². The molecule has 0 aliphatic heterocycles. The van der Waals surface area contributed by atoms with Crippen molar-refractivity contribution in [1.82, 2.24) is 42.5 Å². The van der Waals surface area contributed by atoms with Gasteiger partial charge in [0, 0.05) is 25.7 Å². The van der Waals surface area contributed by atoms with Crippen molar-refractivity contribution in [3.63, 3.8) is 0 Å². The smallest absolute Gasteiger partial charge is 0.326 e. The second-order valence-corrected chi connectivity index (χ2v) is 19.3. The number of carboxylic acid groups (broad SMARTS) is 4. The Hall–Kier alpha value is -7.01. The number of nitrogens with one attached hydrogen (secondary N) is 8. The second-order valence-electron chi connectivity index (χ2n) is 19.3. The Morgan fingerprint density at radius 2 is 0.789 bits per heavy atom. The lowest BCUT2D eigenvalue weighted by Gasteiger charge is -2.30. The molecule has 29 nitrogen and oxygen atoms in total. The van der Waals surface area contributed by atoms with Gasteiger partial charge in [-0.05, 0) is 82.1 Å². The lowest BCUT2D eigenvalue weighted by Crippen LogP contribution is -2.62. The molecule has 0 fully saturated rings. The summed E-state index contributed by atoms with van der Waals surface area (Å²) in [5.41, 5.74) is 16.8. The summed E-state index contributed by atoms with van der Waals surface area (Å²) < 4.78 is 0. The first-order valence-electron chi connectivity index (χ1n) is 25.1. The summed E-state index contributed by atoms with van der Waals surface area (Å²) >= 11 is 0. The van der Waals surface area contributed by atoms with E-state index in [1.807, 2.05) is 0 Å². The van der Waals surface area contributed by atoms with Crippen LogP contribution < -0.4 is 59.7 Å². The van der Waals surface area contributed by atoms with Crippen LogP contribution >= 0.6 is 0 Å². The number of carbonyl (C=O) groups excluding carboxylic acids is 9. The molecular weight excluding hydrogens is 1010 g/mol. The van der Waals surface area contributed by atoms with E-state index in [2.05, 4.69) is 42.5 Å². The zero-order chi connectivity index (χ0) is 58.4. The Kier molecular flexibility index (Phi) is 32.7. The predicted octanol–water partition coefficient (Wildman–Crippen LogP) is -3.60. The summed E-state index contributed by atoms with van der Waals surface area (Å²) in [7, 11) is 0. The highest BCUT2D eigenvalue weighted by atomic mass is 16.4. The molecule has 0 unspecified atom stereocenters. The molecule has 0 radical (unpaired) electrons. The average molecular weight is 1090 g/mol. The van der Waals surface area contributed by atoms with Crippen LogP contribution in [0, 0.1) is 17.8 Å². The normalized spacial score (nSPS) is 15.1. The molecule has 0 aliphatic rings. The third-order valence-corrected chi connectivity index (χ3v) is 11.7. The zero-order valence-electron chi connectivity index (χ0n) is 44.0. The molecule has 0 rings (SSSR count). The van der Waals surface area contributed by atoms with Crippen LogP contribution in [0.15, 0.2) is 0 Å². The van der Waals surface area contributed by atoms with E-state index in [1.54, 1.807) is 41.5 Å². The summed E-state index contributed by atoms with van der Waals surface area (Å²) in [6.07, 6.45) is -3.25. The molecule has 0 aromatic carbocycles. The zero-order valence-corrected chi connectivity index (χ0v) is 44.0. The number of amides is 9. The topological polar surface area (TPSA) is 497 Å². The van der Waals surface area contributed by atoms with Gasteiger partial charge in [-0.1, -0.05) is 48.0 Å². The molecule has 0 saturated heterocycles. The van der Waals surface area contributed by atoms with Crippen LogP contribution in [-0.4, -0.2) is 170 Å². The van der Waals surface area contributed by atoms with Gasteiger partial charge in [0.25, 0.3) is 0 Å². The van der Waals surface area contributed by atoms with Crippen molar-refractivity contribution >= 4 is 77.0 Å². The van der Waals surface area contributed by atoms with E-state index < -0.39 is 176 Å². The van der Waals surface area contributed by atoms with Crippen LogP contribution in [-0.2, 0) is 62.3 Å². The van der Waals surface area contributed by atoms with E-state index in [1.165, 1.54) is 0 Å². The Morgan fingerprint density at radius 3 is 1.18 bits per heavy atom. The minimum atomic E-state index is -1.87. The average Bonchev–Trinajstić information content (AvgIpc) is 3.33. The number of hydrogen-bond donors (Lipinski definition) is 16. The number of rotatable bonds is 40. The van der Waals surface area contributed by atoms with E-state index in [-0.39, 0.29) is 69.7 Å². The monoisotopic (exact) mass is 1090 g/mol. The van der Waals surface area contributed by atoms with Gasteiger partial charge in [-0.15, -0.1) is 0 Å². The Labute approximate surface area is 440 Å². The van der Waals surface area contributed by atoms with Gasteiger partial charge in [-0.2, -0.15) is 0 Å². The van der Waals surface area contributed by atoms with Crippen molar-refractivity contribution in [2.24, 2.45) is 35.0 Å². The molecule has 0 saturated carbocycles. The number of primary amides is 1. The van der Waals surface area contributed by atoms with Gasteiger partial charge in [0.1, 0.15) is 48.3 Å². The quantitative estimate of drug-likeness (QED) is 0.0264. The molecule has 29 heteroatoms. The standard InChI is InChI=1S/C47H81N11O18/c1-7-25(6)38(46(74)57-33(22-59)45(73)54-29(13-17-36(63)64)42(70)53-30(14-18-37(65)66)43(71)56-32(47(75)76)21-24(4)5)58-44(72)31(20-23(2)3)55-40(68)27(10-8-9-19-48)52-41(69)28(12-15-34(50)60)51-39(67)26(49)11-16-35(61)62/h23-33,38,59H,7-22,48-49H2,1-6H3,(H2,50,60)(H,51,67)(H,52,69)(H,53,70)(H,54,73)(H,55,68)(H,56,71)(H,57,74)(H,58,72)(H,61,62)(H,63,64)(H,65,66)(H,75,76)/t25-,26-,27-,28-,29-,30-,31-,32-,33-,38-/m0/s1. The van der Waals surface area contributed by atoms with Gasteiger partial charge in [0.05, 0.1) is 12.6 Å². The number of aliphatic hydroxyl groups excluding tert-OH is 1. The molecule has 0 bridgehead atoms. The maximum atomic E-state index is 14.1. The highest BCUT2D eigenvalue weighted by Gasteiger charge is 2.37. The first-order chi connectivity index (χ1) is 35.5. The number of hydrogen-bond acceptors (Lipinski definition) is 16. The maximum absolute atomic E-state index is 14.1. The fraction of sp³-hybridized carbons (Fsp3) is 0.723. The fourth-order valence-corrected chi connectivity index (χ4v) is 7.25. The summed E-state index contributed by atoms with van der Waals surface area (Å²) in [6, 6.07) is -13.8. The van der Waals surface area contributed by atoms with Crippen molar-refractivity contribution < 1.29 is 87.9 Å². The number of aliphatic carboxylic acids is 4. The molecule has 0 spiro atoms. The Bertz CT molecular complexity index is 2010. The molecule has 0 aromatic rings. The van der Waals surface area contributed by atoms with E-state index in [9.17, 15) is 82.8 Å². The number of carboxylic acids is 4. The fourth-order valence-electron chi connectivity index (χ4n) is 7.25. The number of carbonyl (C=O) groups is 13. The van der Waals surface area contributed by atoms with Crippen LogP contribution in [0.3, 0.4) is 0 Å². The van der Waals surface area contributed by atoms with Gasteiger partial charge >= 0.3 is 23.9 Å². The molecule has 76 heavy (non-hydrogen) atoms. The molecule has 9 amide bonds. The third-order valence-electron chi connectivity index (χ3n) is 11.7. The molecule has 432 valence electrons. The highest BCUT2D eigenvalue weighted by molar-refractivity contribution is 5.98. The van der Waals surface area contributed by atoms with Gasteiger partial charge in [0.2, 0.25) is 53.2 Å². The van der Waals surface area contributed by atoms with E-state index in [0.29, 0.717) is 6.42 Å². The van der Waals surface area contributed by atoms with Crippen LogP contribution in [0.25, 0.3) is 0 Å². The molecule has 0 aliphatic carbocycles. The number of nitrogens with two attached hydrogens (primary N) is 3. The molecule has 0 aromatic heterocycles. The highest BCUT2D eigenvalue weighted by Crippen LogP contribution is 2.14. The van der Waals surface area contributed by atoms with E-state index in [0.717, 1.165) is 0 Å². The first-order valence-corrected chi connectivity index (χ1v) is 25.1. The summed E-state index contributed by atoms with van der Waals surface area (Å²) in [6.45, 7) is 9.13. The van der Waals surface area contributed by atoms with Crippen LogP contribution in [0.5, 0.6) is 0 Å². The number of unbranched alkanes of at least 4 members (excludes halogenated alkanes) is 1. The summed E-state index contributed by atoms with van der Waals surface area (Å²) in [5, 5.41) is 66.7. The minimum absolute atomic E-state index is 0.0280. The van der Waals surface area contributed by atoms with E-state index in [4.69, 9.17) is 22.3 Å². The van der Waals surface area contributed by atoms with Crippen LogP contribution in [0.2, 0.25) is 0 Å². The molecule has 0 heterocycles. The van der Waals surface area contributed by atoms with Crippen molar-refractivity contribution in [2.75, 3.05) is 13.2 Å². The van der Waals surface area contributed by atoms with Gasteiger partial charge in [0.15, 0.2) is 0 Å². The van der Waals surface area contributed by atoms with E-state index >= 15 is 0 Å². The van der Waals surface area contributed by atoms with Gasteiger partial charge in [-0.25, -0.2) is 4.79 Å². The molecular formula is C47H81N11O18. The molecule has 10 atom stereocenters. The maximum Gasteiger partial charge on any atom is 0.326 e. The first kappa shape index (κ1) is 69.0. The second kappa shape index (κ2) is 36.1. The minimum Gasteiger partial charge on any atom is -0.481 e. The summed E-state index contributed by atoms with van der Waals surface area (Å²) in [5.74, 6) is -15.7. The van der Waals surface area contributed by atoms with Gasteiger partial charge in [-0.3, -0.25) is 57.5 Å². The third kappa shape index (κ3) is 28.0. The van der Waals surface area contributed by atoms with Gasteiger partial charge < -0.3 is 85.3 Å². The number of aliphatic hydroxyl groups is 1. The summed E-state index contributed by atoms with van der Waals surface area (Å²) in [4.78, 5) is 167. The van der Waals surface area contributed by atoms with Crippen molar-refractivity contribution in [2.45, 2.75) is 186 Å². The largest absolute Gasteiger partial charge is 0.481 e. The lowest BCUT2D eigenvalue weighted by atomic mass is 9.96. The predicted molar refractivity (Wildman–Crippen MR) is 268 cm³/mol. The lowest BCUT2D eigenvalue weighted by molar-refractivity contribution is -0.143. The SMILES string of the molecule is CC[C@H](C)[C@H](NC(=O)[C@H](CC(C)C)NC(=O)[C@H](CCCCN)NC(=O)[C@H](CCC(N)=O)NC(=O)[C@@H](N)CCC(=O)O)C(=O)N[C@@H](CO)C(=O)N[C@@H](CCC(=O)O)C(=O)N[C@@H](CCC(=O)O)C(=O)N[C@@H](CC(C)C)C(=O)O. The van der Waals surface area contributed by atoms with Crippen LogP contribution in [0.1, 0.15) is 131 Å². The Balaban J connectivity index is 6.67. The van der Waals surface area contributed by atoms with Crippen molar-refractivity contribution in [3.8, 4) is 0 Å².